The first-order valence-electron chi connectivity index (χ1n) is 8.86. The second kappa shape index (κ2) is 8.70. The van der Waals surface area contributed by atoms with Crippen molar-refractivity contribution in [2.45, 2.75) is 12.4 Å². The first kappa shape index (κ1) is 25.7. The molecular weight excluding hydrogens is 509 g/mol. The van der Waals surface area contributed by atoms with Crippen molar-refractivity contribution in [3.05, 3.63) is 70.5 Å². The lowest BCUT2D eigenvalue weighted by molar-refractivity contribution is -0.163. The van der Waals surface area contributed by atoms with Crippen molar-refractivity contribution in [1.82, 2.24) is 0 Å². The third-order valence-corrected chi connectivity index (χ3v) is 4.31. The highest BCUT2D eigenvalue weighted by Gasteiger charge is 2.48. The number of rotatable bonds is 4. The van der Waals surface area contributed by atoms with Crippen LogP contribution in [0, 0.1) is 29.1 Å². The van der Waals surface area contributed by atoms with E-state index in [-0.39, 0.29) is 18.2 Å². The Kier molecular flexibility index (Phi) is 6.39. The van der Waals surface area contributed by atoms with Crippen LogP contribution in [0.15, 0.2) is 30.3 Å². The van der Waals surface area contributed by atoms with Crippen LogP contribution >= 0.6 is 0 Å². The van der Waals surface area contributed by atoms with Crippen LogP contribution in [-0.4, -0.2) is 0 Å². The minimum atomic E-state index is -5.94. The summed E-state index contributed by atoms with van der Waals surface area (Å²) in [5, 5.41) is 0. The van der Waals surface area contributed by atoms with E-state index in [9.17, 15) is 43.9 Å². The quantitative estimate of drug-likeness (QED) is 0.284. The van der Waals surface area contributed by atoms with Gasteiger partial charge in [0.15, 0.2) is 34.6 Å². The molecule has 35 heavy (non-hydrogen) atoms. The SMILES string of the molecule is Nc1cc(Oc2cc(C(F)(F)F)c(C(F)(F)F)c(Oc3cc(N)c(F)cc3F)c2F)c(F)cc1F. The number of halogens is 11. The number of anilines is 2. The van der Waals surface area contributed by atoms with Crippen molar-refractivity contribution >= 4 is 11.4 Å². The molecule has 4 N–H and O–H groups in total. The smallest absolute Gasteiger partial charge is 0.420 e. The summed E-state index contributed by atoms with van der Waals surface area (Å²) in [6.45, 7) is 0. The Hall–Kier alpha value is -3.91. The van der Waals surface area contributed by atoms with E-state index < -0.39 is 93.0 Å². The highest BCUT2D eigenvalue weighted by molar-refractivity contribution is 5.56. The molecule has 15 heteroatoms. The van der Waals surface area contributed by atoms with E-state index in [1.807, 2.05) is 0 Å². The van der Waals surface area contributed by atoms with Crippen LogP contribution < -0.4 is 20.9 Å². The van der Waals surface area contributed by atoms with Gasteiger partial charge in [-0.1, -0.05) is 0 Å². The van der Waals surface area contributed by atoms with Crippen molar-refractivity contribution in [3.63, 3.8) is 0 Å². The zero-order valence-corrected chi connectivity index (χ0v) is 16.5. The predicted octanol–water partition coefficient (Wildman–Crippen LogP) is 7.17. The van der Waals surface area contributed by atoms with Crippen LogP contribution in [0.1, 0.15) is 11.1 Å². The van der Waals surface area contributed by atoms with Gasteiger partial charge in [0.1, 0.15) is 17.2 Å². The molecule has 0 saturated heterocycles. The van der Waals surface area contributed by atoms with Gasteiger partial charge in [-0.2, -0.15) is 30.7 Å². The average Bonchev–Trinajstić information content (AvgIpc) is 2.70. The summed E-state index contributed by atoms with van der Waals surface area (Å²) in [6, 6.07) is 0.323. The molecule has 0 aromatic heterocycles. The van der Waals surface area contributed by atoms with Crippen LogP contribution in [-0.2, 0) is 12.4 Å². The fraction of sp³-hybridized carbons (Fsp3) is 0.100. The molecule has 4 nitrogen and oxygen atoms in total. The molecule has 0 heterocycles. The topological polar surface area (TPSA) is 70.5 Å². The Bertz CT molecular complexity index is 1300. The fourth-order valence-corrected chi connectivity index (χ4v) is 2.76. The van der Waals surface area contributed by atoms with Crippen molar-refractivity contribution in [2.24, 2.45) is 0 Å². The molecule has 188 valence electrons. The summed E-state index contributed by atoms with van der Waals surface area (Å²) in [7, 11) is 0. The molecule has 0 radical (unpaired) electrons. The van der Waals surface area contributed by atoms with Gasteiger partial charge < -0.3 is 20.9 Å². The molecule has 0 atom stereocenters. The summed E-state index contributed by atoms with van der Waals surface area (Å²) < 4.78 is 160. The fourth-order valence-electron chi connectivity index (χ4n) is 2.76. The number of nitrogen functional groups attached to an aromatic ring is 2. The number of benzene rings is 3. The molecule has 0 spiro atoms. The summed E-state index contributed by atoms with van der Waals surface area (Å²) >= 11 is 0. The van der Waals surface area contributed by atoms with Crippen molar-refractivity contribution in [3.8, 4) is 23.0 Å². The largest absolute Gasteiger partial charge is 0.451 e. The molecule has 0 unspecified atom stereocenters. The minimum absolute atomic E-state index is 0.0253. The second-order valence-electron chi connectivity index (χ2n) is 6.75. The zero-order valence-electron chi connectivity index (χ0n) is 16.5. The lowest BCUT2D eigenvalue weighted by Crippen LogP contribution is -2.19. The van der Waals surface area contributed by atoms with Crippen LogP contribution in [0.5, 0.6) is 23.0 Å². The maximum Gasteiger partial charge on any atom is 0.420 e. The van der Waals surface area contributed by atoms with Gasteiger partial charge in [0.05, 0.1) is 16.9 Å². The summed E-state index contributed by atoms with van der Waals surface area (Å²) in [5.41, 5.74) is 3.33. The number of ether oxygens (including phenoxy) is 2. The minimum Gasteiger partial charge on any atom is -0.451 e. The third kappa shape index (κ3) is 5.12. The highest BCUT2D eigenvalue weighted by Crippen LogP contribution is 2.50. The van der Waals surface area contributed by atoms with E-state index in [1.165, 1.54) is 0 Å². The zero-order chi connectivity index (χ0) is 26.5. The molecule has 3 rings (SSSR count). The lowest BCUT2D eigenvalue weighted by atomic mass is 10.0. The average molecular weight is 518 g/mol. The number of hydrogen-bond donors (Lipinski definition) is 2. The highest BCUT2D eigenvalue weighted by atomic mass is 19.4. The molecular formula is C20H9F11N2O2. The van der Waals surface area contributed by atoms with Gasteiger partial charge in [-0.05, 0) is 6.07 Å². The van der Waals surface area contributed by atoms with Crippen molar-refractivity contribution in [1.29, 1.82) is 0 Å². The molecule has 0 bridgehead atoms. The van der Waals surface area contributed by atoms with Gasteiger partial charge in [0.2, 0.25) is 5.82 Å². The first-order valence-corrected chi connectivity index (χ1v) is 8.86. The van der Waals surface area contributed by atoms with E-state index in [0.29, 0.717) is 6.07 Å². The number of nitrogens with two attached hydrogens (primary N) is 2. The normalized spacial score (nSPS) is 12.1. The molecule has 3 aromatic carbocycles. The van der Waals surface area contributed by atoms with E-state index >= 15 is 4.39 Å². The van der Waals surface area contributed by atoms with Gasteiger partial charge in [-0.15, -0.1) is 0 Å². The van der Waals surface area contributed by atoms with Crippen LogP contribution in [0.4, 0.5) is 59.7 Å². The molecule has 0 aliphatic heterocycles. The van der Waals surface area contributed by atoms with Crippen molar-refractivity contribution in [2.75, 3.05) is 11.5 Å². The Morgan fingerprint density at radius 2 is 1.00 bits per heavy atom. The number of alkyl halides is 6. The molecule has 0 aliphatic carbocycles. The summed E-state index contributed by atoms with van der Waals surface area (Å²) in [4.78, 5) is 0. The predicted molar refractivity (Wildman–Crippen MR) is 98.1 cm³/mol. The maximum absolute atomic E-state index is 15.1. The van der Waals surface area contributed by atoms with E-state index in [4.69, 9.17) is 11.5 Å². The monoisotopic (exact) mass is 518 g/mol. The Balaban J connectivity index is 2.32. The van der Waals surface area contributed by atoms with Gasteiger partial charge in [-0.25, -0.2) is 17.6 Å². The van der Waals surface area contributed by atoms with Gasteiger partial charge in [-0.3, -0.25) is 0 Å². The van der Waals surface area contributed by atoms with Gasteiger partial charge >= 0.3 is 12.4 Å². The van der Waals surface area contributed by atoms with E-state index in [2.05, 4.69) is 9.47 Å². The lowest BCUT2D eigenvalue weighted by Gasteiger charge is -2.22. The molecule has 3 aromatic rings. The molecule has 0 fully saturated rings. The van der Waals surface area contributed by atoms with E-state index in [0.717, 1.165) is 0 Å². The molecule has 0 aliphatic rings. The van der Waals surface area contributed by atoms with Gasteiger partial charge in [0.25, 0.3) is 0 Å². The van der Waals surface area contributed by atoms with Crippen molar-refractivity contribution < 1.29 is 57.8 Å². The Labute approximate surface area is 187 Å². The Morgan fingerprint density at radius 1 is 0.543 bits per heavy atom. The second-order valence-corrected chi connectivity index (χ2v) is 6.75. The first-order chi connectivity index (χ1) is 16.0. The van der Waals surface area contributed by atoms with Gasteiger partial charge in [0, 0.05) is 24.3 Å². The summed E-state index contributed by atoms with van der Waals surface area (Å²) in [6.07, 6.45) is -11.8. The van der Waals surface area contributed by atoms with Crippen LogP contribution in [0.2, 0.25) is 0 Å². The van der Waals surface area contributed by atoms with E-state index in [1.54, 1.807) is 0 Å². The van der Waals surface area contributed by atoms with Crippen LogP contribution in [0.25, 0.3) is 0 Å². The Morgan fingerprint density at radius 3 is 1.43 bits per heavy atom. The molecule has 0 saturated carbocycles. The third-order valence-electron chi connectivity index (χ3n) is 4.31. The van der Waals surface area contributed by atoms with Crippen LogP contribution in [0.3, 0.4) is 0 Å². The number of hydrogen-bond acceptors (Lipinski definition) is 4. The standard InChI is InChI=1S/C20H9F11N2O2/c21-7-2-9(23)13(4-11(7)32)34-15-1-6(19(26,27)28)16(20(29,30)31)18(17(15)25)35-14-5-12(33)8(22)3-10(14)24/h1-5H,32-33H2. The maximum atomic E-state index is 15.1. The molecule has 0 amide bonds. The summed E-state index contributed by atoms with van der Waals surface area (Å²) in [5.74, 6) is -14.9.